The van der Waals surface area contributed by atoms with Gasteiger partial charge in [-0.25, -0.2) is 3.93 Å². The molecule has 1 aliphatic rings. The van der Waals surface area contributed by atoms with Crippen LogP contribution >= 0.6 is 16.1 Å². The number of rotatable bonds is 0. The van der Waals surface area contributed by atoms with Gasteiger partial charge in [-0.3, -0.25) is 0 Å². The average molecular weight is 188 g/mol. The lowest BCUT2D eigenvalue weighted by Gasteiger charge is -2.08. The maximum absolute atomic E-state index is 3.44. The molecular formula is C7H10BrN. The Morgan fingerprint density at radius 3 is 2.89 bits per heavy atom. The van der Waals surface area contributed by atoms with Gasteiger partial charge in [0.05, 0.1) is 6.04 Å². The molecule has 0 N–H and O–H groups in total. The summed E-state index contributed by atoms with van der Waals surface area (Å²) in [5.41, 5.74) is 0. The van der Waals surface area contributed by atoms with Crippen molar-refractivity contribution in [1.82, 2.24) is 3.93 Å². The molecule has 1 atom stereocenters. The minimum absolute atomic E-state index is 0.468. The van der Waals surface area contributed by atoms with Gasteiger partial charge < -0.3 is 0 Å². The highest BCUT2D eigenvalue weighted by Gasteiger charge is 2.19. The van der Waals surface area contributed by atoms with Crippen LogP contribution in [-0.4, -0.2) is 16.5 Å². The van der Waals surface area contributed by atoms with Crippen molar-refractivity contribution in [2.75, 3.05) is 6.54 Å². The largest absolute Gasteiger partial charge is 0.227 e. The van der Waals surface area contributed by atoms with Gasteiger partial charge in [0.25, 0.3) is 0 Å². The smallest absolute Gasteiger partial charge is 0.0814 e. The van der Waals surface area contributed by atoms with Crippen molar-refractivity contribution in [3.8, 4) is 11.8 Å². The van der Waals surface area contributed by atoms with Crippen LogP contribution in [0.5, 0.6) is 0 Å². The molecule has 0 aromatic carbocycles. The molecule has 0 aromatic heterocycles. The van der Waals surface area contributed by atoms with E-state index in [1.807, 2.05) is 6.92 Å². The molecule has 0 saturated carbocycles. The third-order valence-electron chi connectivity index (χ3n) is 1.50. The first-order valence-corrected chi connectivity index (χ1v) is 3.90. The summed E-state index contributed by atoms with van der Waals surface area (Å²) >= 11 is 3.44. The molecule has 9 heavy (non-hydrogen) atoms. The van der Waals surface area contributed by atoms with Crippen molar-refractivity contribution < 1.29 is 0 Å². The van der Waals surface area contributed by atoms with Crippen LogP contribution in [0.3, 0.4) is 0 Å². The van der Waals surface area contributed by atoms with Crippen molar-refractivity contribution in [3.05, 3.63) is 0 Å². The maximum atomic E-state index is 3.44. The van der Waals surface area contributed by atoms with E-state index in [2.05, 4.69) is 31.9 Å². The lowest BCUT2D eigenvalue weighted by atomic mass is 10.2. The average Bonchev–Trinajstić information content (AvgIpc) is 2.18. The normalized spacial score (nSPS) is 27.6. The molecule has 0 spiro atoms. The maximum Gasteiger partial charge on any atom is 0.0814 e. The highest BCUT2D eigenvalue weighted by molar-refractivity contribution is 9.07. The van der Waals surface area contributed by atoms with Crippen LogP contribution in [0.25, 0.3) is 0 Å². The Labute approximate surface area is 64.8 Å². The highest BCUT2D eigenvalue weighted by Crippen LogP contribution is 2.19. The van der Waals surface area contributed by atoms with E-state index >= 15 is 0 Å². The van der Waals surface area contributed by atoms with Crippen LogP contribution in [0.2, 0.25) is 0 Å². The molecule has 0 bridgehead atoms. The van der Waals surface area contributed by atoms with Crippen molar-refractivity contribution in [2.24, 2.45) is 0 Å². The topological polar surface area (TPSA) is 3.24 Å². The molecule has 0 radical (unpaired) electrons. The molecule has 1 heterocycles. The fraction of sp³-hybridized carbons (Fsp3) is 0.714. The summed E-state index contributed by atoms with van der Waals surface area (Å²) in [6, 6.07) is 0.468. The zero-order valence-electron chi connectivity index (χ0n) is 5.52. The van der Waals surface area contributed by atoms with E-state index in [9.17, 15) is 0 Å². The quantitative estimate of drug-likeness (QED) is 0.413. The SMILES string of the molecule is CC#CC1CCCN1Br. The van der Waals surface area contributed by atoms with Gasteiger partial charge in [0.2, 0.25) is 0 Å². The monoisotopic (exact) mass is 187 g/mol. The van der Waals surface area contributed by atoms with Crippen LogP contribution in [-0.2, 0) is 0 Å². The molecule has 50 valence electrons. The second kappa shape index (κ2) is 3.24. The Bertz CT molecular complexity index is 145. The van der Waals surface area contributed by atoms with E-state index in [4.69, 9.17) is 0 Å². The van der Waals surface area contributed by atoms with E-state index < -0.39 is 0 Å². The number of hydrogen-bond donors (Lipinski definition) is 0. The Morgan fingerprint density at radius 2 is 2.44 bits per heavy atom. The van der Waals surface area contributed by atoms with Crippen molar-refractivity contribution in [3.63, 3.8) is 0 Å². The molecule has 1 rings (SSSR count). The van der Waals surface area contributed by atoms with Gasteiger partial charge >= 0.3 is 0 Å². The van der Waals surface area contributed by atoms with E-state index in [0.717, 1.165) is 6.54 Å². The molecule has 1 saturated heterocycles. The predicted octanol–water partition coefficient (Wildman–Crippen LogP) is 1.78. The van der Waals surface area contributed by atoms with E-state index in [-0.39, 0.29) is 0 Å². The number of nitrogens with zero attached hydrogens (tertiary/aromatic N) is 1. The summed E-state index contributed by atoms with van der Waals surface area (Å²) in [5, 5.41) is 0. The van der Waals surface area contributed by atoms with Gasteiger partial charge in [-0.05, 0) is 19.8 Å². The molecule has 0 aliphatic carbocycles. The summed E-state index contributed by atoms with van der Waals surface area (Å²) in [4.78, 5) is 0. The van der Waals surface area contributed by atoms with E-state index in [1.165, 1.54) is 12.8 Å². The molecule has 1 fully saturated rings. The van der Waals surface area contributed by atoms with Gasteiger partial charge in [0, 0.05) is 22.7 Å². The zero-order valence-corrected chi connectivity index (χ0v) is 7.11. The standard InChI is InChI=1S/C7H10BrN/c1-2-4-7-5-3-6-9(7)8/h7H,3,5-6H2,1H3. The predicted molar refractivity (Wildman–Crippen MR) is 42.1 cm³/mol. The lowest BCUT2D eigenvalue weighted by molar-refractivity contribution is 0.536. The van der Waals surface area contributed by atoms with Crippen LogP contribution < -0.4 is 0 Å². The van der Waals surface area contributed by atoms with E-state index in [1.54, 1.807) is 0 Å². The van der Waals surface area contributed by atoms with Crippen molar-refractivity contribution in [1.29, 1.82) is 0 Å². The highest BCUT2D eigenvalue weighted by atomic mass is 79.9. The molecule has 1 nitrogen and oxygen atoms in total. The first-order valence-electron chi connectivity index (χ1n) is 3.19. The molecule has 0 aromatic rings. The van der Waals surface area contributed by atoms with Gasteiger partial charge in [0.15, 0.2) is 0 Å². The van der Waals surface area contributed by atoms with Crippen LogP contribution in [0, 0.1) is 11.8 Å². The summed E-state index contributed by atoms with van der Waals surface area (Å²) in [6.45, 7) is 3.03. The number of halogens is 1. The van der Waals surface area contributed by atoms with Gasteiger partial charge in [-0.2, -0.15) is 0 Å². The Balaban J connectivity index is 2.46. The molecule has 0 amide bonds. The summed E-state index contributed by atoms with van der Waals surface area (Å²) in [6.07, 6.45) is 2.48. The lowest BCUT2D eigenvalue weighted by Crippen LogP contribution is -2.16. The summed E-state index contributed by atoms with van der Waals surface area (Å²) in [5.74, 6) is 6.04. The fourth-order valence-corrected chi connectivity index (χ4v) is 1.60. The molecule has 1 unspecified atom stereocenters. The first-order chi connectivity index (χ1) is 4.34. The van der Waals surface area contributed by atoms with Crippen LogP contribution in [0.1, 0.15) is 19.8 Å². The van der Waals surface area contributed by atoms with Gasteiger partial charge in [-0.15, -0.1) is 5.92 Å². The minimum atomic E-state index is 0.468. The molecular weight excluding hydrogens is 178 g/mol. The Kier molecular flexibility index (Phi) is 2.56. The van der Waals surface area contributed by atoms with E-state index in [0.29, 0.717) is 6.04 Å². The van der Waals surface area contributed by atoms with Crippen molar-refractivity contribution >= 4 is 16.1 Å². The Morgan fingerprint density at radius 1 is 1.67 bits per heavy atom. The summed E-state index contributed by atoms with van der Waals surface area (Å²) < 4.78 is 2.13. The Hall–Kier alpha value is 0. The van der Waals surface area contributed by atoms with Gasteiger partial charge in [0.1, 0.15) is 0 Å². The second-order valence-corrected chi connectivity index (χ2v) is 3.09. The van der Waals surface area contributed by atoms with Gasteiger partial charge in [-0.1, -0.05) is 5.92 Å². The van der Waals surface area contributed by atoms with Crippen molar-refractivity contribution in [2.45, 2.75) is 25.8 Å². The number of hydrogen-bond acceptors (Lipinski definition) is 1. The molecule has 1 aliphatic heterocycles. The zero-order chi connectivity index (χ0) is 6.69. The first kappa shape index (κ1) is 7.11. The molecule has 2 heteroatoms. The minimum Gasteiger partial charge on any atom is -0.227 e. The second-order valence-electron chi connectivity index (χ2n) is 2.18. The summed E-state index contributed by atoms with van der Waals surface area (Å²) in [7, 11) is 0. The third kappa shape index (κ3) is 1.70. The van der Waals surface area contributed by atoms with Crippen LogP contribution in [0.15, 0.2) is 0 Å². The third-order valence-corrected chi connectivity index (χ3v) is 2.35. The van der Waals surface area contributed by atoms with Crippen LogP contribution in [0.4, 0.5) is 0 Å². The fourth-order valence-electron chi connectivity index (χ4n) is 1.04.